The average Bonchev–Trinajstić information content (AvgIpc) is 2.90. The number of carbonyl (C=O) groups is 1. The van der Waals surface area contributed by atoms with Crippen LogP contribution >= 0.6 is 0 Å². The Morgan fingerprint density at radius 2 is 1.78 bits per heavy atom. The zero-order valence-corrected chi connectivity index (χ0v) is 12.9. The molecule has 1 aromatic heterocycles. The fraction of sp³-hybridized carbons (Fsp3) is 0.211. The van der Waals surface area contributed by atoms with E-state index in [0.29, 0.717) is 6.54 Å². The van der Waals surface area contributed by atoms with E-state index in [9.17, 15) is 4.79 Å². The van der Waals surface area contributed by atoms with E-state index in [2.05, 4.69) is 34.9 Å². The summed E-state index contributed by atoms with van der Waals surface area (Å²) in [4.78, 5) is 13.7. The molecule has 0 aliphatic carbocycles. The molecule has 0 atom stereocenters. The van der Waals surface area contributed by atoms with Crippen molar-refractivity contribution in [2.75, 3.05) is 11.4 Å². The third-order valence-electron chi connectivity index (χ3n) is 4.56. The number of benzene rings is 2. The van der Waals surface area contributed by atoms with Crippen molar-refractivity contribution in [2.24, 2.45) is 5.73 Å². The quantitative estimate of drug-likeness (QED) is 0.774. The summed E-state index contributed by atoms with van der Waals surface area (Å²) < 4.78 is 2.23. The third-order valence-corrected chi connectivity index (χ3v) is 4.56. The molecular formula is C19H19N3O. The molecule has 1 aliphatic rings. The Bertz CT molecular complexity index is 867. The molecule has 0 fully saturated rings. The topological polar surface area (TPSA) is 51.3 Å². The van der Waals surface area contributed by atoms with Gasteiger partial charge in [-0.2, -0.15) is 0 Å². The maximum atomic E-state index is 11.9. The summed E-state index contributed by atoms with van der Waals surface area (Å²) in [5, 5.41) is 1.23. The molecule has 0 saturated heterocycles. The molecule has 2 heterocycles. The number of nitrogens with zero attached hydrogens (tertiary/aromatic N) is 2. The summed E-state index contributed by atoms with van der Waals surface area (Å²) in [7, 11) is 0. The van der Waals surface area contributed by atoms with Crippen LogP contribution in [0.25, 0.3) is 10.9 Å². The summed E-state index contributed by atoms with van der Waals surface area (Å²) in [6, 6.07) is 18.3. The van der Waals surface area contributed by atoms with Gasteiger partial charge in [-0.3, -0.25) is 4.90 Å². The molecule has 23 heavy (non-hydrogen) atoms. The van der Waals surface area contributed by atoms with Crippen molar-refractivity contribution in [1.29, 1.82) is 0 Å². The number of urea groups is 1. The largest absolute Gasteiger partial charge is 0.351 e. The smallest absolute Gasteiger partial charge is 0.320 e. The first-order chi connectivity index (χ1) is 11.3. The van der Waals surface area contributed by atoms with Gasteiger partial charge in [0.2, 0.25) is 0 Å². The van der Waals surface area contributed by atoms with Crippen LogP contribution in [0.5, 0.6) is 0 Å². The first-order valence-electron chi connectivity index (χ1n) is 7.96. The molecule has 0 spiro atoms. The Kier molecular flexibility index (Phi) is 3.30. The Balaban J connectivity index is 1.94. The second-order valence-electron chi connectivity index (χ2n) is 5.98. The number of aromatic nitrogens is 1. The van der Waals surface area contributed by atoms with Gasteiger partial charge in [0.15, 0.2) is 0 Å². The Morgan fingerprint density at radius 1 is 1.04 bits per heavy atom. The van der Waals surface area contributed by atoms with Crippen LogP contribution in [-0.2, 0) is 13.0 Å². The molecule has 4 rings (SSSR count). The molecule has 2 N–H and O–H groups in total. The van der Waals surface area contributed by atoms with Crippen molar-refractivity contribution in [3.63, 3.8) is 0 Å². The number of nitrogens with two attached hydrogens (primary N) is 1. The van der Waals surface area contributed by atoms with E-state index in [4.69, 9.17) is 5.73 Å². The second kappa shape index (κ2) is 5.47. The van der Waals surface area contributed by atoms with Crippen molar-refractivity contribution in [1.82, 2.24) is 4.57 Å². The first-order valence-corrected chi connectivity index (χ1v) is 7.96. The number of anilines is 1. The number of primary amides is 1. The lowest BCUT2D eigenvalue weighted by Crippen LogP contribution is -2.40. The van der Waals surface area contributed by atoms with Gasteiger partial charge in [-0.1, -0.05) is 48.5 Å². The van der Waals surface area contributed by atoms with E-state index >= 15 is 0 Å². The minimum absolute atomic E-state index is 0.372. The first kappa shape index (κ1) is 13.9. The summed E-state index contributed by atoms with van der Waals surface area (Å²) in [6.07, 6.45) is 1.94. The highest BCUT2D eigenvalue weighted by Gasteiger charge is 2.27. The monoisotopic (exact) mass is 305 g/mol. The molecule has 4 nitrogen and oxygen atoms in total. The Hall–Kier alpha value is -2.75. The minimum atomic E-state index is -0.372. The van der Waals surface area contributed by atoms with Crippen LogP contribution in [0.2, 0.25) is 0 Å². The van der Waals surface area contributed by atoms with Crippen LogP contribution in [0.15, 0.2) is 54.6 Å². The normalized spacial score (nSPS) is 14.0. The van der Waals surface area contributed by atoms with Gasteiger partial charge in [0, 0.05) is 24.0 Å². The van der Waals surface area contributed by atoms with Crippen molar-refractivity contribution in [3.05, 3.63) is 65.7 Å². The van der Waals surface area contributed by atoms with E-state index in [-0.39, 0.29) is 6.03 Å². The maximum Gasteiger partial charge on any atom is 0.320 e. The van der Waals surface area contributed by atoms with Crippen LogP contribution in [0.1, 0.15) is 17.5 Å². The molecule has 116 valence electrons. The van der Waals surface area contributed by atoms with Crippen molar-refractivity contribution in [3.8, 4) is 0 Å². The lowest BCUT2D eigenvalue weighted by molar-refractivity contribution is 0.253. The molecule has 2 aromatic carbocycles. The van der Waals surface area contributed by atoms with E-state index in [0.717, 1.165) is 30.7 Å². The van der Waals surface area contributed by atoms with Crippen molar-refractivity contribution < 1.29 is 4.79 Å². The number of para-hydroxylation sites is 1. The lowest BCUT2D eigenvalue weighted by atomic mass is 10.0. The van der Waals surface area contributed by atoms with Gasteiger partial charge in [-0.15, -0.1) is 0 Å². The number of aryl methyl sites for hydroxylation is 1. The summed E-state index contributed by atoms with van der Waals surface area (Å²) in [5.41, 5.74) is 9.25. The Labute approximate surface area is 135 Å². The molecule has 4 heteroatoms. The summed E-state index contributed by atoms with van der Waals surface area (Å²) in [5.74, 6) is 0.966. The highest BCUT2D eigenvalue weighted by molar-refractivity contribution is 5.98. The lowest BCUT2D eigenvalue weighted by Gasteiger charge is -2.28. The molecule has 0 bridgehead atoms. The van der Waals surface area contributed by atoms with E-state index in [1.54, 1.807) is 4.90 Å². The van der Waals surface area contributed by atoms with Gasteiger partial charge < -0.3 is 10.3 Å². The predicted octanol–water partition coefficient (Wildman–Crippen LogP) is 3.52. The van der Waals surface area contributed by atoms with Crippen molar-refractivity contribution >= 4 is 22.8 Å². The van der Waals surface area contributed by atoms with E-state index in [1.807, 2.05) is 24.3 Å². The van der Waals surface area contributed by atoms with Gasteiger partial charge >= 0.3 is 6.03 Å². The SMILES string of the molecule is NC(=O)N1CCCc2c1n(Cc1ccccc1)c1ccccc21. The molecule has 2 amide bonds. The highest BCUT2D eigenvalue weighted by atomic mass is 16.2. The number of hydrogen-bond acceptors (Lipinski definition) is 1. The van der Waals surface area contributed by atoms with Crippen LogP contribution in [0.3, 0.4) is 0 Å². The van der Waals surface area contributed by atoms with Gasteiger partial charge in [0.05, 0.1) is 5.52 Å². The predicted molar refractivity (Wildman–Crippen MR) is 92.7 cm³/mol. The second-order valence-corrected chi connectivity index (χ2v) is 5.98. The zero-order chi connectivity index (χ0) is 15.8. The molecular weight excluding hydrogens is 286 g/mol. The summed E-state index contributed by atoms with van der Waals surface area (Å²) >= 11 is 0. The number of hydrogen-bond donors (Lipinski definition) is 1. The van der Waals surface area contributed by atoms with Crippen LogP contribution < -0.4 is 10.6 Å². The fourth-order valence-electron chi connectivity index (χ4n) is 3.58. The number of fused-ring (bicyclic) bond motifs is 3. The minimum Gasteiger partial charge on any atom is -0.351 e. The maximum absolute atomic E-state index is 11.9. The number of amides is 2. The van der Waals surface area contributed by atoms with Crippen LogP contribution in [0.4, 0.5) is 10.6 Å². The molecule has 0 unspecified atom stereocenters. The standard InChI is InChI=1S/C19H19N3O/c20-19(23)21-12-6-10-16-15-9-4-5-11-17(15)22(18(16)21)13-14-7-2-1-3-8-14/h1-5,7-9,11H,6,10,12-13H2,(H2,20,23). The van der Waals surface area contributed by atoms with Crippen molar-refractivity contribution in [2.45, 2.75) is 19.4 Å². The summed E-state index contributed by atoms with van der Waals surface area (Å²) in [6.45, 7) is 1.42. The highest BCUT2D eigenvalue weighted by Crippen LogP contribution is 2.37. The van der Waals surface area contributed by atoms with E-state index < -0.39 is 0 Å². The number of carbonyl (C=O) groups excluding carboxylic acids is 1. The van der Waals surface area contributed by atoms with Gasteiger partial charge in [0.1, 0.15) is 5.82 Å². The molecule has 0 radical (unpaired) electrons. The van der Waals surface area contributed by atoms with Crippen LogP contribution in [0, 0.1) is 0 Å². The Morgan fingerprint density at radius 3 is 2.57 bits per heavy atom. The van der Waals surface area contributed by atoms with Gasteiger partial charge in [-0.25, -0.2) is 4.79 Å². The van der Waals surface area contributed by atoms with Gasteiger partial charge in [0.25, 0.3) is 0 Å². The third kappa shape index (κ3) is 2.27. The fourth-order valence-corrected chi connectivity index (χ4v) is 3.58. The van der Waals surface area contributed by atoms with Gasteiger partial charge in [-0.05, 0) is 24.5 Å². The zero-order valence-electron chi connectivity index (χ0n) is 12.9. The molecule has 1 aliphatic heterocycles. The molecule has 3 aromatic rings. The number of rotatable bonds is 2. The van der Waals surface area contributed by atoms with E-state index in [1.165, 1.54) is 16.5 Å². The molecule has 0 saturated carbocycles. The van der Waals surface area contributed by atoms with Crippen LogP contribution in [-0.4, -0.2) is 17.1 Å². The average molecular weight is 305 g/mol.